The molecule has 3 aromatic heterocycles. The minimum Gasteiger partial charge on any atom is -0.368 e. The van der Waals surface area contributed by atoms with Crippen LogP contribution in [0.25, 0.3) is 21.3 Å². The van der Waals surface area contributed by atoms with Gasteiger partial charge in [-0.3, -0.25) is 9.88 Å². The van der Waals surface area contributed by atoms with E-state index in [9.17, 15) is 4.79 Å². The molecule has 38 heavy (non-hydrogen) atoms. The Morgan fingerprint density at radius 2 is 1.76 bits per heavy atom. The van der Waals surface area contributed by atoms with Crippen LogP contribution in [0.5, 0.6) is 0 Å². The lowest BCUT2D eigenvalue weighted by Gasteiger charge is -2.35. The smallest absolute Gasteiger partial charge is 0.321 e. The molecule has 2 aliphatic rings. The van der Waals surface area contributed by atoms with Gasteiger partial charge in [0.25, 0.3) is 0 Å². The van der Waals surface area contributed by atoms with Crippen LogP contribution in [0, 0.1) is 0 Å². The zero-order valence-corrected chi connectivity index (χ0v) is 22.2. The van der Waals surface area contributed by atoms with E-state index >= 15 is 0 Å². The highest BCUT2D eigenvalue weighted by Gasteiger charge is 2.25. The zero-order chi connectivity index (χ0) is 25.9. The number of urea groups is 1. The summed E-state index contributed by atoms with van der Waals surface area (Å²) in [7, 11) is 0. The quantitative estimate of drug-likeness (QED) is 0.388. The van der Waals surface area contributed by atoms with Crippen LogP contribution in [0.15, 0.2) is 54.2 Å². The van der Waals surface area contributed by atoms with Crippen molar-refractivity contribution in [1.82, 2.24) is 24.8 Å². The van der Waals surface area contributed by atoms with Crippen LogP contribution >= 0.6 is 11.3 Å². The largest absolute Gasteiger partial charge is 0.368 e. The summed E-state index contributed by atoms with van der Waals surface area (Å²) >= 11 is 1.56. The Labute approximate surface area is 226 Å². The molecule has 9 nitrogen and oxygen atoms in total. The molecule has 6 rings (SSSR count). The SMILES string of the molecule is Nc1nc(N2CCN(C(=O)Nc3ccc(CN4CCCCC4)cc3)CC2)c2c(-c3cccnc3)csc2n1. The lowest BCUT2D eigenvalue weighted by atomic mass is 10.1. The first-order valence-electron chi connectivity index (χ1n) is 13.2. The topological polar surface area (TPSA) is 104 Å². The average molecular weight is 529 g/mol. The molecule has 5 heterocycles. The number of anilines is 3. The number of benzene rings is 1. The molecule has 196 valence electrons. The Hall–Kier alpha value is -3.76. The molecule has 2 aliphatic heterocycles. The number of hydrogen-bond acceptors (Lipinski definition) is 8. The number of piperazine rings is 1. The number of carbonyl (C=O) groups is 1. The van der Waals surface area contributed by atoms with Gasteiger partial charge < -0.3 is 20.9 Å². The fraction of sp³-hybridized carbons (Fsp3) is 0.357. The summed E-state index contributed by atoms with van der Waals surface area (Å²) < 4.78 is 0. The summed E-state index contributed by atoms with van der Waals surface area (Å²) in [6.45, 7) is 5.84. The Balaban J connectivity index is 1.10. The number of rotatable bonds is 5. The molecule has 10 heteroatoms. The number of nitrogens with two attached hydrogens (primary N) is 1. The molecule has 2 amide bonds. The molecule has 0 bridgehead atoms. The number of nitrogens with zero attached hydrogens (tertiary/aromatic N) is 6. The third kappa shape index (κ3) is 5.27. The first kappa shape index (κ1) is 24.6. The number of nitrogens with one attached hydrogen (secondary N) is 1. The van der Waals surface area contributed by atoms with Gasteiger partial charge in [-0.1, -0.05) is 24.6 Å². The number of nitrogen functional groups attached to an aromatic ring is 1. The van der Waals surface area contributed by atoms with Crippen molar-refractivity contribution in [3.63, 3.8) is 0 Å². The van der Waals surface area contributed by atoms with E-state index in [2.05, 4.69) is 47.6 Å². The van der Waals surface area contributed by atoms with Crippen molar-refractivity contribution < 1.29 is 4.79 Å². The highest BCUT2D eigenvalue weighted by atomic mass is 32.1. The second-order valence-electron chi connectivity index (χ2n) is 9.91. The summed E-state index contributed by atoms with van der Waals surface area (Å²) in [5.74, 6) is 1.08. The van der Waals surface area contributed by atoms with E-state index in [1.165, 1.54) is 37.9 Å². The third-order valence-electron chi connectivity index (χ3n) is 7.33. The van der Waals surface area contributed by atoms with Crippen LogP contribution in [-0.2, 0) is 6.54 Å². The molecule has 0 radical (unpaired) electrons. The molecule has 2 fully saturated rings. The second-order valence-corrected chi connectivity index (χ2v) is 10.8. The summed E-state index contributed by atoms with van der Waals surface area (Å²) in [6, 6.07) is 12.1. The molecule has 0 saturated carbocycles. The molecule has 2 saturated heterocycles. The predicted octanol–water partition coefficient (Wildman–Crippen LogP) is 4.68. The zero-order valence-electron chi connectivity index (χ0n) is 21.3. The van der Waals surface area contributed by atoms with Crippen molar-refractivity contribution in [1.29, 1.82) is 0 Å². The first-order chi connectivity index (χ1) is 18.6. The third-order valence-corrected chi connectivity index (χ3v) is 8.20. The number of amides is 2. The molecule has 0 aliphatic carbocycles. The van der Waals surface area contributed by atoms with Gasteiger partial charge in [-0.2, -0.15) is 4.98 Å². The van der Waals surface area contributed by atoms with E-state index in [1.807, 2.05) is 35.4 Å². The lowest BCUT2D eigenvalue weighted by molar-refractivity contribution is 0.208. The maximum Gasteiger partial charge on any atom is 0.321 e. The average Bonchev–Trinajstić information content (AvgIpc) is 3.38. The van der Waals surface area contributed by atoms with E-state index in [1.54, 1.807) is 17.5 Å². The molecule has 3 N–H and O–H groups in total. The van der Waals surface area contributed by atoms with Crippen molar-refractivity contribution in [2.75, 3.05) is 55.2 Å². The van der Waals surface area contributed by atoms with Gasteiger partial charge in [0, 0.05) is 67.3 Å². The van der Waals surface area contributed by atoms with Crippen LogP contribution in [0.4, 0.5) is 22.2 Å². The fourth-order valence-electron chi connectivity index (χ4n) is 5.30. The molecular formula is C28H32N8OS. The maximum atomic E-state index is 13.0. The monoisotopic (exact) mass is 528 g/mol. The minimum atomic E-state index is -0.0765. The number of carbonyl (C=O) groups excluding carboxylic acids is 1. The molecule has 0 unspecified atom stereocenters. The summed E-state index contributed by atoms with van der Waals surface area (Å²) in [5.41, 5.74) is 10.3. The van der Waals surface area contributed by atoms with E-state index in [0.717, 1.165) is 39.4 Å². The van der Waals surface area contributed by atoms with Crippen molar-refractivity contribution >= 4 is 45.0 Å². The first-order valence-corrected chi connectivity index (χ1v) is 14.1. The van der Waals surface area contributed by atoms with Crippen LogP contribution in [0.1, 0.15) is 24.8 Å². The molecule has 1 aromatic carbocycles. The van der Waals surface area contributed by atoms with E-state index in [-0.39, 0.29) is 12.0 Å². The Bertz CT molecular complexity index is 1390. The van der Waals surface area contributed by atoms with Crippen LogP contribution in [-0.4, -0.2) is 70.1 Å². The summed E-state index contributed by atoms with van der Waals surface area (Å²) in [5, 5.41) is 6.14. The molecular weight excluding hydrogens is 496 g/mol. The van der Waals surface area contributed by atoms with Crippen molar-refractivity contribution in [2.24, 2.45) is 0 Å². The van der Waals surface area contributed by atoms with Crippen molar-refractivity contribution in [2.45, 2.75) is 25.8 Å². The number of fused-ring (bicyclic) bond motifs is 1. The van der Waals surface area contributed by atoms with Gasteiger partial charge in [0.1, 0.15) is 10.6 Å². The van der Waals surface area contributed by atoms with Crippen molar-refractivity contribution in [3.05, 3.63) is 59.7 Å². The van der Waals surface area contributed by atoms with Crippen molar-refractivity contribution in [3.8, 4) is 11.1 Å². The molecule has 4 aromatic rings. The highest BCUT2D eigenvalue weighted by molar-refractivity contribution is 7.17. The van der Waals surface area contributed by atoms with Gasteiger partial charge in [-0.15, -0.1) is 11.3 Å². The fourth-order valence-corrected chi connectivity index (χ4v) is 6.24. The van der Waals surface area contributed by atoms with E-state index in [4.69, 9.17) is 5.73 Å². The van der Waals surface area contributed by atoms with E-state index in [0.29, 0.717) is 26.2 Å². The minimum absolute atomic E-state index is 0.0765. The summed E-state index contributed by atoms with van der Waals surface area (Å²) in [6.07, 6.45) is 7.53. The maximum absolute atomic E-state index is 13.0. The van der Waals surface area contributed by atoms with Gasteiger partial charge >= 0.3 is 6.03 Å². The van der Waals surface area contributed by atoms with Crippen LogP contribution in [0.3, 0.4) is 0 Å². The van der Waals surface area contributed by atoms with Gasteiger partial charge in [0.05, 0.1) is 5.39 Å². The standard InChI is InChI=1S/C28H32N8OS/c29-27-32-25(24-23(19-38-26(24)33-27)21-5-4-10-30-17-21)35-13-15-36(16-14-35)28(37)31-22-8-6-20(7-9-22)18-34-11-2-1-3-12-34/h4-10,17,19H,1-3,11-16,18H2,(H,31,37)(H2,29,32,33). The lowest BCUT2D eigenvalue weighted by Crippen LogP contribution is -2.50. The van der Waals surface area contributed by atoms with Gasteiger partial charge in [-0.25, -0.2) is 9.78 Å². The Morgan fingerprint density at radius 1 is 0.974 bits per heavy atom. The number of piperidine rings is 1. The van der Waals surface area contributed by atoms with E-state index < -0.39 is 0 Å². The van der Waals surface area contributed by atoms with Crippen LogP contribution in [0.2, 0.25) is 0 Å². The molecule has 0 spiro atoms. The Morgan fingerprint density at radius 3 is 2.50 bits per heavy atom. The second kappa shape index (κ2) is 10.9. The van der Waals surface area contributed by atoms with Gasteiger partial charge in [0.2, 0.25) is 5.95 Å². The molecule has 0 atom stereocenters. The number of hydrogen-bond donors (Lipinski definition) is 2. The number of aromatic nitrogens is 3. The normalized spacial score (nSPS) is 16.6. The number of pyridine rings is 1. The number of thiophene rings is 1. The summed E-state index contributed by atoms with van der Waals surface area (Å²) in [4.78, 5) is 33.8. The van der Waals surface area contributed by atoms with Gasteiger partial charge in [0.15, 0.2) is 0 Å². The number of likely N-dealkylation sites (tertiary alicyclic amines) is 1. The predicted molar refractivity (Wildman–Crippen MR) is 153 cm³/mol. The highest BCUT2D eigenvalue weighted by Crippen LogP contribution is 2.38. The van der Waals surface area contributed by atoms with Crippen LogP contribution < -0.4 is 16.0 Å². The van der Waals surface area contributed by atoms with Gasteiger partial charge in [-0.05, 0) is 49.7 Å². The Kier molecular flexibility index (Phi) is 7.06.